The number of piperazine rings is 1. The van der Waals surface area contributed by atoms with Crippen LogP contribution >= 0.6 is 11.6 Å². The smallest absolute Gasteiger partial charge is 0.349 e. The molecule has 2 aromatic carbocycles. The third-order valence-corrected chi connectivity index (χ3v) is 7.60. The molecule has 0 N–H and O–H groups in total. The molecular weight excluding hydrogens is 492 g/mol. The van der Waals surface area contributed by atoms with Gasteiger partial charge in [-0.25, -0.2) is 13.2 Å². The Morgan fingerprint density at radius 2 is 1.66 bits per heavy atom. The summed E-state index contributed by atoms with van der Waals surface area (Å²) in [6.07, 6.45) is 1.40. The number of hydrogen-bond donors (Lipinski definition) is 0. The van der Waals surface area contributed by atoms with Crippen molar-refractivity contribution in [1.82, 2.24) is 9.21 Å². The molecule has 9 nitrogen and oxygen atoms in total. The Bertz CT molecular complexity index is 1240. The Kier molecular flexibility index (Phi) is 8.51. The summed E-state index contributed by atoms with van der Waals surface area (Å²) in [6.45, 7) is -0.0139. The first kappa shape index (κ1) is 26.2. The van der Waals surface area contributed by atoms with E-state index in [2.05, 4.69) is 0 Å². The molecule has 1 aliphatic rings. The second-order valence-corrected chi connectivity index (χ2v) is 10.3. The van der Waals surface area contributed by atoms with Crippen molar-refractivity contribution in [3.8, 4) is 6.07 Å². The molecule has 35 heavy (non-hydrogen) atoms. The second kappa shape index (κ2) is 11.4. The number of halogens is 1. The van der Waals surface area contributed by atoms with Gasteiger partial charge in [-0.05, 0) is 48.0 Å². The Morgan fingerprint density at radius 1 is 1.06 bits per heavy atom. The number of nitrogens with zero attached hydrogens (tertiary/aromatic N) is 4. The Hall–Kier alpha value is -3.39. The first-order valence-electron chi connectivity index (χ1n) is 10.7. The first-order valence-corrected chi connectivity index (χ1v) is 12.5. The lowest BCUT2D eigenvalue weighted by Gasteiger charge is -2.33. The van der Waals surface area contributed by atoms with Crippen molar-refractivity contribution in [2.24, 2.45) is 0 Å². The van der Waals surface area contributed by atoms with E-state index in [9.17, 15) is 23.3 Å². The van der Waals surface area contributed by atoms with E-state index < -0.39 is 28.5 Å². The van der Waals surface area contributed by atoms with Gasteiger partial charge in [-0.3, -0.25) is 4.79 Å². The highest BCUT2D eigenvalue weighted by Gasteiger charge is 2.30. The van der Waals surface area contributed by atoms with E-state index in [1.54, 1.807) is 18.2 Å². The Morgan fingerprint density at radius 3 is 2.20 bits per heavy atom. The van der Waals surface area contributed by atoms with Crippen LogP contribution in [0, 0.1) is 11.3 Å². The average Bonchev–Trinajstić information content (AvgIpc) is 2.86. The lowest BCUT2D eigenvalue weighted by molar-refractivity contribution is -0.149. The standard InChI is InChI=1S/C24H25ClN4O5S/c1-27(2)21-7-3-18(4-8-21)15-19(16-26)24(31)34-17-23(30)28-11-13-29(14-12-28)35(32,33)22-9-5-20(25)6-10-22/h3-10,15H,11-14,17H2,1-2H3/b19-15-. The molecule has 3 rings (SSSR count). The minimum Gasteiger partial charge on any atom is -0.451 e. The predicted molar refractivity (Wildman–Crippen MR) is 132 cm³/mol. The van der Waals surface area contributed by atoms with Gasteiger partial charge in [0.15, 0.2) is 6.61 Å². The Labute approximate surface area is 209 Å². The number of carbonyl (C=O) groups is 2. The van der Waals surface area contributed by atoms with Crippen molar-refractivity contribution in [2.75, 3.05) is 51.8 Å². The number of esters is 1. The Balaban J connectivity index is 1.53. The third-order valence-electron chi connectivity index (χ3n) is 5.43. The molecule has 184 valence electrons. The van der Waals surface area contributed by atoms with Gasteiger partial charge in [0.1, 0.15) is 11.6 Å². The monoisotopic (exact) mass is 516 g/mol. The van der Waals surface area contributed by atoms with Gasteiger partial charge in [0.05, 0.1) is 4.90 Å². The van der Waals surface area contributed by atoms with Gasteiger partial charge in [0, 0.05) is 51.0 Å². The average molecular weight is 517 g/mol. The molecule has 1 aliphatic heterocycles. The molecule has 0 aliphatic carbocycles. The molecule has 0 unspecified atom stereocenters. The zero-order chi connectivity index (χ0) is 25.6. The summed E-state index contributed by atoms with van der Waals surface area (Å²) in [5.41, 5.74) is 1.39. The molecule has 0 radical (unpaired) electrons. The fourth-order valence-corrected chi connectivity index (χ4v) is 4.95. The molecule has 0 spiro atoms. The van der Waals surface area contributed by atoms with Gasteiger partial charge in [-0.15, -0.1) is 0 Å². The van der Waals surface area contributed by atoms with Crippen LogP contribution in [-0.2, 0) is 24.3 Å². The molecule has 11 heteroatoms. The third kappa shape index (κ3) is 6.60. The fourth-order valence-electron chi connectivity index (χ4n) is 3.40. The summed E-state index contributed by atoms with van der Waals surface area (Å²) in [6, 6.07) is 14.9. The van der Waals surface area contributed by atoms with E-state index in [0.29, 0.717) is 10.6 Å². The SMILES string of the molecule is CN(C)c1ccc(/C=C(/C#N)C(=O)OCC(=O)N2CCN(S(=O)(=O)c3ccc(Cl)cc3)CC2)cc1. The van der Waals surface area contributed by atoms with E-state index >= 15 is 0 Å². The van der Waals surface area contributed by atoms with Crippen molar-refractivity contribution in [3.05, 3.63) is 64.7 Å². The van der Waals surface area contributed by atoms with Crippen LogP contribution in [0.1, 0.15) is 5.56 Å². The molecule has 0 aromatic heterocycles. The van der Waals surface area contributed by atoms with E-state index in [4.69, 9.17) is 16.3 Å². The first-order chi connectivity index (χ1) is 16.6. The number of nitriles is 1. The van der Waals surface area contributed by atoms with Crippen molar-refractivity contribution < 1.29 is 22.7 Å². The number of sulfonamides is 1. The van der Waals surface area contributed by atoms with Crippen molar-refractivity contribution in [3.63, 3.8) is 0 Å². The fraction of sp³-hybridized carbons (Fsp3) is 0.292. The van der Waals surface area contributed by atoms with Crippen LogP contribution in [0.4, 0.5) is 5.69 Å². The maximum atomic E-state index is 12.8. The predicted octanol–water partition coefficient (Wildman–Crippen LogP) is 2.39. The highest BCUT2D eigenvalue weighted by molar-refractivity contribution is 7.89. The number of amides is 1. The normalized spacial score (nSPS) is 14.8. The van der Waals surface area contributed by atoms with Crippen LogP contribution in [0.2, 0.25) is 5.02 Å². The highest BCUT2D eigenvalue weighted by Crippen LogP contribution is 2.20. The van der Waals surface area contributed by atoms with Crippen LogP contribution in [-0.4, -0.2) is 76.4 Å². The van der Waals surface area contributed by atoms with Crippen molar-refractivity contribution in [1.29, 1.82) is 5.26 Å². The number of ether oxygens (including phenoxy) is 1. The molecule has 1 saturated heterocycles. The molecule has 1 fully saturated rings. The summed E-state index contributed by atoms with van der Waals surface area (Å²) in [7, 11) is 0.102. The van der Waals surface area contributed by atoms with E-state index in [0.717, 1.165) is 5.69 Å². The molecule has 0 bridgehead atoms. The van der Waals surface area contributed by atoms with E-state index in [-0.39, 0.29) is 36.6 Å². The van der Waals surface area contributed by atoms with Crippen LogP contribution in [0.3, 0.4) is 0 Å². The zero-order valence-electron chi connectivity index (χ0n) is 19.3. The molecule has 1 amide bonds. The molecule has 0 saturated carbocycles. The summed E-state index contributed by atoms with van der Waals surface area (Å²) in [5.74, 6) is -1.36. The lowest BCUT2D eigenvalue weighted by Crippen LogP contribution is -2.51. The van der Waals surface area contributed by atoms with E-state index in [1.807, 2.05) is 31.1 Å². The highest BCUT2D eigenvalue weighted by atomic mass is 35.5. The van der Waals surface area contributed by atoms with E-state index in [1.165, 1.54) is 39.5 Å². The zero-order valence-corrected chi connectivity index (χ0v) is 20.9. The summed E-state index contributed by atoms with van der Waals surface area (Å²) in [5, 5.41) is 9.77. The number of benzene rings is 2. The van der Waals surface area contributed by atoms with Crippen molar-refractivity contribution in [2.45, 2.75) is 4.90 Å². The molecule has 1 heterocycles. The topological polar surface area (TPSA) is 111 Å². The summed E-state index contributed by atoms with van der Waals surface area (Å²) in [4.78, 5) is 28.3. The van der Waals surface area contributed by atoms with Gasteiger partial charge >= 0.3 is 5.97 Å². The second-order valence-electron chi connectivity index (χ2n) is 7.97. The minimum absolute atomic E-state index is 0.108. The van der Waals surface area contributed by atoms with Gasteiger partial charge in [0.2, 0.25) is 10.0 Å². The van der Waals surface area contributed by atoms with Crippen LogP contribution in [0.5, 0.6) is 0 Å². The van der Waals surface area contributed by atoms with Gasteiger partial charge in [-0.2, -0.15) is 9.57 Å². The van der Waals surface area contributed by atoms with Crippen LogP contribution < -0.4 is 4.90 Å². The van der Waals surface area contributed by atoms with Crippen LogP contribution in [0.15, 0.2) is 59.0 Å². The summed E-state index contributed by atoms with van der Waals surface area (Å²) < 4.78 is 31.9. The van der Waals surface area contributed by atoms with Gasteiger partial charge < -0.3 is 14.5 Å². The summed E-state index contributed by atoms with van der Waals surface area (Å²) >= 11 is 5.83. The van der Waals surface area contributed by atoms with Gasteiger partial charge in [-0.1, -0.05) is 23.7 Å². The quantitative estimate of drug-likeness (QED) is 0.315. The van der Waals surface area contributed by atoms with Crippen LogP contribution in [0.25, 0.3) is 6.08 Å². The number of hydrogen-bond acceptors (Lipinski definition) is 7. The minimum atomic E-state index is -3.70. The maximum Gasteiger partial charge on any atom is 0.349 e. The molecule has 2 aromatic rings. The maximum absolute atomic E-state index is 12.8. The van der Waals surface area contributed by atoms with Gasteiger partial charge in [0.25, 0.3) is 5.91 Å². The molecule has 0 atom stereocenters. The van der Waals surface area contributed by atoms with Crippen molar-refractivity contribution >= 4 is 45.3 Å². The lowest BCUT2D eigenvalue weighted by atomic mass is 10.1. The molecular formula is C24H25ClN4O5S. The number of carbonyl (C=O) groups excluding carboxylic acids is 2. The number of rotatable bonds is 7. The largest absolute Gasteiger partial charge is 0.451 e. The number of anilines is 1.